The van der Waals surface area contributed by atoms with Gasteiger partial charge in [0.2, 0.25) is 0 Å². The zero-order chi connectivity index (χ0) is 13.5. The highest BCUT2D eigenvalue weighted by molar-refractivity contribution is 7.99. The molecule has 98 valence electrons. The minimum Gasteiger partial charge on any atom is -0.351 e. The zero-order valence-corrected chi connectivity index (χ0v) is 11.7. The summed E-state index contributed by atoms with van der Waals surface area (Å²) in [6, 6.07) is 13.4. The Morgan fingerprint density at radius 3 is 2.68 bits per heavy atom. The molecule has 0 fully saturated rings. The van der Waals surface area contributed by atoms with E-state index in [1.54, 1.807) is 23.9 Å². The third-order valence-corrected chi connectivity index (χ3v) is 3.63. The van der Waals surface area contributed by atoms with Crippen molar-refractivity contribution in [2.75, 3.05) is 12.3 Å². The minimum atomic E-state index is -0.127. The Hall–Kier alpha value is -1.52. The van der Waals surface area contributed by atoms with E-state index in [1.165, 1.54) is 11.1 Å². The summed E-state index contributed by atoms with van der Waals surface area (Å²) in [4.78, 5) is 16.8. The van der Waals surface area contributed by atoms with Gasteiger partial charge in [0.15, 0.2) is 0 Å². The summed E-state index contributed by atoms with van der Waals surface area (Å²) >= 11 is 7.37. The summed E-state index contributed by atoms with van der Waals surface area (Å²) in [5.74, 6) is 0.703. The first-order chi connectivity index (χ1) is 9.25. The van der Waals surface area contributed by atoms with Gasteiger partial charge in [-0.3, -0.25) is 4.79 Å². The molecule has 1 amide bonds. The lowest BCUT2D eigenvalue weighted by Crippen LogP contribution is -2.25. The quantitative estimate of drug-likeness (QED) is 0.522. The average molecular weight is 293 g/mol. The topological polar surface area (TPSA) is 42.0 Å². The predicted molar refractivity (Wildman–Crippen MR) is 78.7 cm³/mol. The van der Waals surface area contributed by atoms with Crippen LogP contribution in [-0.4, -0.2) is 23.2 Å². The van der Waals surface area contributed by atoms with E-state index in [-0.39, 0.29) is 5.91 Å². The van der Waals surface area contributed by atoms with E-state index in [0.717, 1.165) is 5.75 Å². The van der Waals surface area contributed by atoms with Crippen LogP contribution in [0.25, 0.3) is 0 Å². The van der Waals surface area contributed by atoms with Crippen LogP contribution in [-0.2, 0) is 0 Å². The predicted octanol–water partition coefficient (Wildman–Crippen LogP) is 3.26. The number of nitrogens with zero attached hydrogens (tertiary/aromatic N) is 1. The summed E-state index contributed by atoms with van der Waals surface area (Å²) in [6.07, 6.45) is 1.47. The lowest BCUT2D eigenvalue weighted by atomic mass is 10.3. The van der Waals surface area contributed by atoms with Crippen molar-refractivity contribution in [2.24, 2.45) is 0 Å². The van der Waals surface area contributed by atoms with Crippen molar-refractivity contribution in [3.05, 3.63) is 59.4 Å². The molecule has 0 unspecified atom stereocenters. The number of nitrogens with one attached hydrogen (secondary N) is 1. The van der Waals surface area contributed by atoms with Crippen LogP contribution in [0.1, 0.15) is 10.4 Å². The molecule has 0 bridgehead atoms. The smallest absolute Gasteiger partial charge is 0.252 e. The van der Waals surface area contributed by atoms with Crippen LogP contribution in [0.15, 0.2) is 53.6 Å². The molecule has 0 atom stereocenters. The molecular formula is C14H13ClN2OS. The van der Waals surface area contributed by atoms with Crippen LogP contribution in [0.4, 0.5) is 0 Å². The Labute approximate surface area is 121 Å². The van der Waals surface area contributed by atoms with Crippen molar-refractivity contribution in [3.63, 3.8) is 0 Å². The van der Waals surface area contributed by atoms with E-state index in [4.69, 9.17) is 11.6 Å². The van der Waals surface area contributed by atoms with Crippen molar-refractivity contribution in [1.82, 2.24) is 10.3 Å². The van der Waals surface area contributed by atoms with E-state index in [0.29, 0.717) is 17.3 Å². The Morgan fingerprint density at radius 1 is 1.21 bits per heavy atom. The first kappa shape index (κ1) is 13.9. The Bertz CT molecular complexity index is 531. The summed E-state index contributed by atoms with van der Waals surface area (Å²) in [6.45, 7) is 0.612. The second-order valence-electron chi connectivity index (χ2n) is 3.79. The van der Waals surface area contributed by atoms with Gasteiger partial charge in [0.05, 0.1) is 5.56 Å². The first-order valence-corrected chi connectivity index (χ1v) is 7.19. The fraction of sp³-hybridized carbons (Fsp3) is 0.143. The van der Waals surface area contributed by atoms with Gasteiger partial charge in [-0.25, -0.2) is 4.98 Å². The number of hydrogen-bond donors (Lipinski definition) is 1. The standard InChI is InChI=1S/C14H13ClN2OS/c15-13-7-6-11(10-17-13)14(18)16-8-9-19-12-4-2-1-3-5-12/h1-7,10H,8-9H2,(H,16,18). The number of benzene rings is 1. The molecule has 0 aliphatic heterocycles. The zero-order valence-electron chi connectivity index (χ0n) is 10.2. The van der Waals surface area contributed by atoms with E-state index in [1.807, 2.05) is 18.2 Å². The van der Waals surface area contributed by atoms with Crippen molar-refractivity contribution in [2.45, 2.75) is 4.90 Å². The lowest BCUT2D eigenvalue weighted by Gasteiger charge is -2.05. The van der Waals surface area contributed by atoms with Gasteiger partial charge >= 0.3 is 0 Å². The van der Waals surface area contributed by atoms with Gasteiger partial charge < -0.3 is 5.32 Å². The largest absolute Gasteiger partial charge is 0.351 e. The molecule has 2 rings (SSSR count). The second-order valence-corrected chi connectivity index (χ2v) is 5.34. The number of thioether (sulfide) groups is 1. The van der Waals surface area contributed by atoms with Gasteiger partial charge in [-0.05, 0) is 24.3 Å². The molecule has 0 aliphatic rings. The molecule has 1 aromatic heterocycles. The van der Waals surface area contributed by atoms with E-state index in [9.17, 15) is 4.79 Å². The van der Waals surface area contributed by atoms with Crippen LogP contribution in [0, 0.1) is 0 Å². The number of rotatable bonds is 5. The normalized spacial score (nSPS) is 10.2. The molecule has 1 heterocycles. The van der Waals surface area contributed by atoms with Gasteiger partial charge in [-0.2, -0.15) is 0 Å². The fourth-order valence-corrected chi connectivity index (χ4v) is 2.36. The minimum absolute atomic E-state index is 0.127. The molecule has 0 radical (unpaired) electrons. The van der Waals surface area contributed by atoms with Gasteiger partial charge in [0.25, 0.3) is 5.91 Å². The molecule has 1 N–H and O–H groups in total. The third-order valence-electron chi connectivity index (χ3n) is 2.39. The van der Waals surface area contributed by atoms with Gasteiger partial charge in [-0.15, -0.1) is 11.8 Å². The maximum Gasteiger partial charge on any atom is 0.252 e. The second kappa shape index (κ2) is 7.16. The molecule has 19 heavy (non-hydrogen) atoms. The van der Waals surface area contributed by atoms with Crippen LogP contribution in [0.2, 0.25) is 5.15 Å². The highest BCUT2D eigenvalue weighted by Crippen LogP contribution is 2.15. The molecule has 0 saturated carbocycles. The SMILES string of the molecule is O=C(NCCSc1ccccc1)c1ccc(Cl)nc1. The Kier molecular flexibility index (Phi) is 5.24. The number of carbonyl (C=O) groups is 1. The molecule has 2 aromatic rings. The number of aromatic nitrogens is 1. The summed E-state index contributed by atoms with van der Waals surface area (Å²) in [5, 5.41) is 3.23. The molecule has 3 nitrogen and oxygen atoms in total. The van der Waals surface area contributed by atoms with Gasteiger partial charge in [0, 0.05) is 23.4 Å². The van der Waals surface area contributed by atoms with E-state index >= 15 is 0 Å². The van der Waals surface area contributed by atoms with Gasteiger partial charge in [0.1, 0.15) is 5.15 Å². The average Bonchev–Trinajstić information content (AvgIpc) is 2.45. The summed E-state index contributed by atoms with van der Waals surface area (Å²) < 4.78 is 0. The summed E-state index contributed by atoms with van der Waals surface area (Å²) in [5.41, 5.74) is 0.522. The highest BCUT2D eigenvalue weighted by atomic mass is 35.5. The highest BCUT2D eigenvalue weighted by Gasteiger charge is 2.04. The van der Waals surface area contributed by atoms with Crippen LogP contribution in [0.5, 0.6) is 0 Å². The molecule has 0 aliphatic carbocycles. The maximum absolute atomic E-state index is 11.8. The van der Waals surface area contributed by atoms with Crippen LogP contribution in [0.3, 0.4) is 0 Å². The first-order valence-electron chi connectivity index (χ1n) is 5.83. The Morgan fingerprint density at radius 2 is 2.00 bits per heavy atom. The van der Waals surface area contributed by atoms with Crippen LogP contribution >= 0.6 is 23.4 Å². The maximum atomic E-state index is 11.8. The Balaban J connectivity index is 1.74. The van der Waals surface area contributed by atoms with E-state index < -0.39 is 0 Å². The van der Waals surface area contributed by atoms with Crippen molar-refractivity contribution >= 4 is 29.3 Å². The number of pyridine rings is 1. The van der Waals surface area contributed by atoms with Gasteiger partial charge in [-0.1, -0.05) is 29.8 Å². The molecular weight excluding hydrogens is 280 g/mol. The molecule has 5 heteroatoms. The number of hydrogen-bond acceptors (Lipinski definition) is 3. The monoisotopic (exact) mass is 292 g/mol. The molecule has 1 aromatic carbocycles. The fourth-order valence-electron chi connectivity index (χ4n) is 1.46. The molecule has 0 spiro atoms. The number of halogens is 1. The van der Waals surface area contributed by atoms with Crippen molar-refractivity contribution in [1.29, 1.82) is 0 Å². The molecule has 0 saturated heterocycles. The third kappa shape index (κ3) is 4.58. The lowest BCUT2D eigenvalue weighted by molar-refractivity contribution is 0.0956. The van der Waals surface area contributed by atoms with Crippen molar-refractivity contribution < 1.29 is 4.79 Å². The van der Waals surface area contributed by atoms with Crippen molar-refractivity contribution in [3.8, 4) is 0 Å². The van der Waals surface area contributed by atoms with Crippen LogP contribution < -0.4 is 5.32 Å². The van der Waals surface area contributed by atoms with E-state index in [2.05, 4.69) is 22.4 Å². The number of amides is 1. The number of carbonyl (C=O) groups excluding carboxylic acids is 1. The summed E-state index contributed by atoms with van der Waals surface area (Å²) in [7, 11) is 0.